The molecule has 8 heteroatoms. The molecule has 160 valence electrons. The number of hydrogen-bond acceptors (Lipinski definition) is 6. The first-order valence-corrected chi connectivity index (χ1v) is 11.1. The lowest BCUT2D eigenvalue weighted by Gasteiger charge is -2.34. The Morgan fingerprint density at radius 1 is 0.968 bits per heavy atom. The van der Waals surface area contributed by atoms with Gasteiger partial charge in [0.2, 0.25) is 11.0 Å². The molecule has 0 radical (unpaired) electrons. The molecule has 1 saturated heterocycles. The van der Waals surface area contributed by atoms with Crippen molar-refractivity contribution in [1.29, 1.82) is 0 Å². The van der Waals surface area contributed by atoms with E-state index in [9.17, 15) is 9.59 Å². The molecule has 1 aliphatic rings. The summed E-state index contributed by atoms with van der Waals surface area (Å²) in [5.41, 5.74) is 3.93. The van der Waals surface area contributed by atoms with Crippen LogP contribution >= 0.6 is 11.3 Å². The van der Waals surface area contributed by atoms with Crippen LogP contribution in [0.4, 0.5) is 5.13 Å². The highest BCUT2D eigenvalue weighted by Crippen LogP contribution is 2.26. The molecular formula is C23H25N5O2S. The summed E-state index contributed by atoms with van der Waals surface area (Å²) in [4.78, 5) is 29.0. The second-order valence-corrected chi connectivity index (χ2v) is 8.75. The standard InChI is InChI=1S/C23H25N5O2S/c1-16-5-3-7-18(13-16)21-25-26-23(31-21)24-20(29)15-27-9-11-28(12-10-27)22(30)19-8-4-6-17(2)14-19/h3-8,13-14H,9-12,15H2,1-2H3,(H,24,26,29). The van der Waals surface area contributed by atoms with Gasteiger partial charge >= 0.3 is 0 Å². The maximum Gasteiger partial charge on any atom is 0.253 e. The molecule has 3 aromatic rings. The third kappa shape index (κ3) is 5.34. The Balaban J connectivity index is 1.27. The summed E-state index contributed by atoms with van der Waals surface area (Å²) < 4.78 is 0. The topological polar surface area (TPSA) is 78.4 Å². The number of aromatic nitrogens is 2. The van der Waals surface area contributed by atoms with Crippen molar-refractivity contribution in [3.8, 4) is 10.6 Å². The van der Waals surface area contributed by atoms with E-state index in [1.807, 2.05) is 67.3 Å². The highest BCUT2D eigenvalue weighted by Gasteiger charge is 2.23. The number of rotatable bonds is 5. The van der Waals surface area contributed by atoms with Crippen LogP contribution < -0.4 is 5.32 Å². The van der Waals surface area contributed by atoms with Crippen LogP contribution in [0.15, 0.2) is 48.5 Å². The molecule has 7 nitrogen and oxygen atoms in total. The first-order valence-electron chi connectivity index (χ1n) is 10.3. The Morgan fingerprint density at radius 3 is 2.39 bits per heavy atom. The van der Waals surface area contributed by atoms with Gasteiger partial charge in [-0.2, -0.15) is 0 Å². The van der Waals surface area contributed by atoms with Crippen LogP contribution in [0.5, 0.6) is 0 Å². The number of aryl methyl sites for hydroxylation is 2. The highest BCUT2D eigenvalue weighted by molar-refractivity contribution is 7.18. The number of amides is 2. The molecule has 4 rings (SSSR count). The minimum Gasteiger partial charge on any atom is -0.336 e. The molecule has 0 spiro atoms. The van der Waals surface area contributed by atoms with Crippen LogP contribution in [0.2, 0.25) is 0 Å². The fraction of sp³-hybridized carbons (Fsp3) is 0.304. The normalized spacial score (nSPS) is 14.5. The average Bonchev–Trinajstić information content (AvgIpc) is 3.22. The predicted octanol–water partition coefficient (Wildman–Crippen LogP) is 3.22. The Labute approximate surface area is 185 Å². The summed E-state index contributed by atoms with van der Waals surface area (Å²) in [6.07, 6.45) is 0. The van der Waals surface area contributed by atoms with Crippen LogP contribution in [-0.4, -0.2) is 64.5 Å². The molecule has 0 saturated carbocycles. The van der Waals surface area contributed by atoms with E-state index in [4.69, 9.17) is 0 Å². The van der Waals surface area contributed by atoms with E-state index in [2.05, 4.69) is 20.4 Å². The first kappa shape index (κ1) is 21.1. The maximum absolute atomic E-state index is 12.7. The maximum atomic E-state index is 12.7. The van der Waals surface area contributed by atoms with Gasteiger partial charge in [0.25, 0.3) is 5.91 Å². The van der Waals surface area contributed by atoms with Gasteiger partial charge in [-0.25, -0.2) is 0 Å². The summed E-state index contributed by atoms with van der Waals surface area (Å²) in [7, 11) is 0. The van der Waals surface area contributed by atoms with E-state index in [1.165, 1.54) is 11.3 Å². The van der Waals surface area contributed by atoms with Gasteiger partial charge in [-0.15, -0.1) is 10.2 Å². The molecule has 0 aliphatic carbocycles. The molecule has 0 bridgehead atoms. The monoisotopic (exact) mass is 435 g/mol. The smallest absolute Gasteiger partial charge is 0.253 e. The SMILES string of the molecule is Cc1cccc(C(=O)N2CCN(CC(=O)Nc3nnc(-c4cccc(C)c4)s3)CC2)c1. The number of carbonyl (C=O) groups excluding carboxylic acids is 2. The summed E-state index contributed by atoms with van der Waals surface area (Å²) in [6, 6.07) is 15.7. The van der Waals surface area contributed by atoms with Crippen molar-refractivity contribution in [2.24, 2.45) is 0 Å². The van der Waals surface area contributed by atoms with Crippen LogP contribution in [0, 0.1) is 13.8 Å². The molecule has 1 N–H and O–H groups in total. The van der Waals surface area contributed by atoms with Gasteiger partial charge in [0.15, 0.2) is 0 Å². The lowest BCUT2D eigenvalue weighted by molar-refractivity contribution is -0.117. The quantitative estimate of drug-likeness (QED) is 0.666. The Hall–Kier alpha value is -3.10. The molecule has 0 atom stereocenters. The number of hydrogen-bond donors (Lipinski definition) is 1. The minimum atomic E-state index is -0.120. The molecule has 2 aromatic carbocycles. The third-order valence-corrected chi connectivity index (χ3v) is 6.12. The van der Waals surface area contributed by atoms with Gasteiger partial charge in [-0.05, 0) is 32.0 Å². The van der Waals surface area contributed by atoms with Gasteiger partial charge < -0.3 is 4.90 Å². The Bertz CT molecular complexity index is 1090. The first-order chi connectivity index (χ1) is 15.0. The number of nitrogens with zero attached hydrogens (tertiary/aromatic N) is 4. The van der Waals surface area contributed by atoms with Gasteiger partial charge in [0, 0.05) is 37.3 Å². The summed E-state index contributed by atoms with van der Waals surface area (Å²) in [5.74, 6) is -0.0734. The van der Waals surface area contributed by atoms with Crippen LogP contribution in [0.25, 0.3) is 10.6 Å². The molecule has 2 amide bonds. The molecule has 31 heavy (non-hydrogen) atoms. The van der Waals surface area contributed by atoms with Gasteiger partial charge in [0.1, 0.15) is 5.01 Å². The zero-order valence-electron chi connectivity index (χ0n) is 17.7. The van der Waals surface area contributed by atoms with Crippen molar-refractivity contribution in [3.63, 3.8) is 0 Å². The number of nitrogens with one attached hydrogen (secondary N) is 1. The zero-order valence-corrected chi connectivity index (χ0v) is 18.5. The lowest BCUT2D eigenvalue weighted by Crippen LogP contribution is -2.50. The van der Waals surface area contributed by atoms with E-state index in [1.54, 1.807) is 0 Å². The van der Waals surface area contributed by atoms with Crippen LogP contribution in [0.1, 0.15) is 21.5 Å². The molecule has 1 fully saturated rings. The van der Waals surface area contributed by atoms with E-state index in [0.717, 1.165) is 21.7 Å². The van der Waals surface area contributed by atoms with Crippen molar-refractivity contribution in [1.82, 2.24) is 20.0 Å². The Kier molecular flexibility index (Phi) is 6.39. The fourth-order valence-electron chi connectivity index (χ4n) is 3.60. The van der Waals surface area contributed by atoms with Crippen molar-refractivity contribution >= 4 is 28.3 Å². The average molecular weight is 436 g/mol. The van der Waals surface area contributed by atoms with E-state index >= 15 is 0 Å². The van der Waals surface area contributed by atoms with Crippen molar-refractivity contribution in [2.45, 2.75) is 13.8 Å². The minimum absolute atomic E-state index is 0.0466. The number of benzene rings is 2. The highest BCUT2D eigenvalue weighted by atomic mass is 32.1. The lowest BCUT2D eigenvalue weighted by atomic mass is 10.1. The van der Waals surface area contributed by atoms with Gasteiger partial charge in [-0.1, -0.05) is 52.8 Å². The van der Waals surface area contributed by atoms with Gasteiger partial charge in [-0.3, -0.25) is 19.8 Å². The Morgan fingerprint density at radius 2 is 1.68 bits per heavy atom. The second-order valence-electron chi connectivity index (χ2n) is 7.77. The molecule has 1 aliphatic heterocycles. The van der Waals surface area contributed by atoms with E-state index in [0.29, 0.717) is 36.9 Å². The number of piperazine rings is 1. The zero-order chi connectivity index (χ0) is 21.8. The molecular weight excluding hydrogens is 410 g/mol. The van der Waals surface area contributed by atoms with Crippen LogP contribution in [-0.2, 0) is 4.79 Å². The van der Waals surface area contributed by atoms with Crippen LogP contribution in [0.3, 0.4) is 0 Å². The van der Waals surface area contributed by atoms with E-state index in [-0.39, 0.29) is 18.4 Å². The number of carbonyl (C=O) groups is 2. The second kappa shape index (κ2) is 9.36. The number of anilines is 1. The van der Waals surface area contributed by atoms with Gasteiger partial charge in [0.05, 0.1) is 6.54 Å². The van der Waals surface area contributed by atoms with Crippen molar-refractivity contribution in [2.75, 3.05) is 38.0 Å². The van der Waals surface area contributed by atoms with E-state index < -0.39 is 0 Å². The summed E-state index contributed by atoms with van der Waals surface area (Å²) in [5, 5.41) is 12.4. The third-order valence-electron chi connectivity index (χ3n) is 5.23. The van der Waals surface area contributed by atoms with Crippen molar-refractivity contribution < 1.29 is 9.59 Å². The van der Waals surface area contributed by atoms with Crippen molar-refractivity contribution in [3.05, 3.63) is 65.2 Å². The molecule has 2 heterocycles. The summed E-state index contributed by atoms with van der Waals surface area (Å²) in [6.45, 7) is 6.82. The fourth-order valence-corrected chi connectivity index (χ4v) is 4.36. The predicted molar refractivity (Wildman–Crippen MR) is 122 cm³/mol. The summed E-state index contributed by atoms with van der Waals surface area (Å²) >= 11 is 1.36. The molecule has 0 unspecified atom stereocenters. The molecule has 1 aromatic heterocycles. The largest absolute Gasteiger partial charge is 0.336 e.